The van der Waals surface area contributed by atoms with Crippen LogP contribution in [0.15, 0.2) is 18.2 Å². The van der Waals surface area contributed by atoms with Crippen LogP contribution >= 0.6 is 11.6 Å². The highest BCUT2D eigenvalue weighted by Crippen LogP contribution is 2.28. The van der Waals surface area contributed by atoms with E-state index in [0.717, 1.165) is 72.5 Å². The number of nitrogens with zero attached hydrogens (tertiary/aromatic N) is 4. The number of anilines is 1. The molecule has 35 heavy (non-hydrogen) atoms. The molecule has 3 aromatic rings. The molecule has 0 spiro atoms. The minimum Gasteiger partial charge on any atom is -0.489 e. The van der Waals surface area contributed by atoms with E-state index >= 15 is 0 Å². The summed E-state index contributed by atoms with van der Waals surface area (Å²) in [7, 11) is 1.92. The zero-order chi connectivity index (χ0) is 25.4. The summed E-state index contributed by atoms with van der Waals surface area (Å²) < 4.78 is 7.59. The molecule has 0 saturated heterocycles. The van der Waals surface area contributed by atoms with Crippen molar-refractivity contribution in [3.63, 3.8) is 0 Å². The number of rotatable bonds is 14. The van der Waals surface area contributed by atoms with Gasteiger partial charge in [-0.3, -0.25) is 9.48 Å². The lowest BCUT2D eigenvalue weighted by molar-refractivity contribution is -0.137. The van der Waals surface area contributed by atoms with Gasteiger partial charge in [-0.2, -0.15) is 5.10 Å². The summed E-state index contributed by atoms with van der Waals surface area (Å²) in [6.07, 6.45) is 6.34. The zero-order valence-corrected chi connectivity index (χ0v) is 21.9. The standard InChI is InChI=1S/C26H36ClN5O3/c1-5-10-20-24-25(32(4)31-20)26(30-22(29-24)11-8-6-7-9-12-23(33)34)28-16-18-13-14-21(19(27)15-18)35-17(2)3/h13-15,17H,5-12,16H2,1-4H3,(H,33,34)(H,28,29,30). The molecule has 2 N–H and O–H groups in total. The van der Waals surface area contributed by atoms with Gasteiger partial charge in [0.15, 0.2) is 5.82 Å². The number of carboxylic acid groups (broad SMARTS) is 1. The highest BCUT2D eigenvalue weighted by molar-refractivity contribution is 6.32. The fourth-order valence-electron chi connectivity index (χ4n) is 4.03. The largest absolute Gasteiger partial charge is 0.489 e. The van der Waals surface area contributed by atoms with Crippen LogP contribution in [-0.4, -0.2) is 36.9 Å². The van der Waals surface area contributed by atoms with Gasteiger partial charge in [0.2, 0.25) is 0 Å². The molecule has 0 saturated carbocycles. The lowest BCUT2D eigenvalue weighted by atomic mass is 10.1. The first-order valence-electron chi connectivity index (χ1n) is 12.4. The summed E-state index contributed by atoms with van der Waals surface area (Å²) in [5, 5.41) is 17.6. The average Bonchev–Trinajstić information content (AvgIpc) is 3.11. The number of nitrogens with one attached hydrogen (secondary N) is 1. The Morgan fingerprint density at radius 2 is 1.94 bits per heavy atom. The Bertz CT molecular complexity index is 1150. The normalized spacial score (nSPS) is 11.4. The molecule has 0 fully saturated rings. The molecule has 2 aromatic heterocycles. The van der Waals surface area contributed by atoms with Crippen LogP contribution in [0.3, 0.4) is 0 Å². The Morgan fingerprint density at radius 3 is 2.63 bits per heavy atom. The summed E-state index contributed by atoms with van der Waals surface area (Å²) in [6.45, 7) is 6.63. The SMILES string of the molecule is CCCc1nn(C)c2c(NCc3ccc(OC(C)C)c(Cl)c3)nc(CCCCCCC(=O)O)nc12. The summed E-state index contributed by atoms with van der Waals surface area (Å²) in [5.41, 5.74) is 3.79. The third-order valence-corrected chi connectivity index (χ3v) is 5.94. The number of unbranched alkanes of at least 4 members (excludes halogenated alkanes) is 3. The van der Waals surface area contributed by atoms with Crippen LogP contribution in [0.1, 0.15) is 76.4 Å². The maximum Gasteiger partial charge on any atom is 0.303 e. The van der Waals surface area contributed by atoms with Gasteiger partial charge in [0.25, 0.3) is 0 Å². The minimum absolute atomic E-state index is 0.0588. The number of benzene rings is 1. The third kappa shape index (κ3) is 7.56. The number of hydrogen-bond donors (Lipinski definition) is 2. The van der Waals surface area contributed by atoms with Crippen molar-refractivity contribution in [2.75, 3.05) is 5.32 Å². The Morgan fingerprint density at radius 1 is 1.17 bits per heavy atom. The first kappa shape index (κ1) is 26.7. The lowest BCUT2D eigenvalue weighted by Crippen LogP contribution is -2.08. The molecule has 0 radical (unpaired) electrons. The smallest absolute Gasteiger partial charge is 0.303 e. The van der Waals surface area contributed by atoms with Crippen molar-refractivity contribution in [2.24, 2.45) is 7.05 Å². The second-order valence-corrected chi connectivity index (χ2v) is 9.51. The number of aromatic nitrogens is 4. The first-order valence-corrected chi connectivity index (χ1v) is 12.8. The van der Waals surface area contributed by atoms with Gasteiger partial charge in [-0.1, -0.05) is 43.9 Å². The quantitative estimate of drug-likeness (QED) is 0.263. The number of hydrogen-bond acceptors (Lipinski definition) is 6. The van der Waals surface area contributed by atoms with Gasteiger partial charge < -0.3 is 15.2 Å². The van der Waals surface area contributed by atoms with E-state index in [1.807, 2.05) is 43.8 Å². The van der Waals surface area contributed by atoms with E-state index in [-0.39, 0.29) is 12.5 Å². The zero-order valence-electron chi connectivity index (χ0n) is 21.1. The van der Waals surface area contributed by atoms with Crippen molar-refractivity contribution in [2.45, 2.75) is 84.8 Å². The predicted molar refractivity (Wildman–Crippen MR) is 139 cm³/mol. The highest BCUT2D eigenvalue weighted by Gasteiger charge is 2.17. The molecule has 0 atom stereocenters. The maximum atomic E-state index is 10.7. The number of aliphatic carboxylic acids is 1. The highest BCUT2D eigenvalue weighted by atomic mass is 35.5. The molecule has 2 heterocycles. The summed E-state index contributed by atoms with van der Waals surface area (Å²) in [4.78, 5) is 20.4. The number of ether oxygens (including phenoxy) is 1. The molecule has 0 bridgehead atoms. The van der Waals surface area contributed by atoms with Gasteiger partial charge in [0, 0.05) is 26.4 Å². The van der Waals surface area contributed by atoms with Gasteiger partial charge in [0.05, 0.1) is 16.8 Å². The van der Waals surface area contributed by atoms with Crippen molar-refractivity contribution in [1.82, 2.24) is 19.7 Å². The van der Waals surface area contributed by atoms with E-state index < -0.39 is 5.97 Å². The van der Waals surface area contributed by atoms with Crippen molar-refractivity contribution in [3.8, 4) is 5.75 Å². The van der Waals surface area contributed by atoms with Gasteiger partial charge >= 0.3 is 5.97 Å². The van der Waals surface area contributed by atoms with E-state index in [4.69, 9.17) is 36.5 Å². The van der Waals surface area contributed by atoms with Gasteiger partial charge in [0.1, 0.15) is 22.6 Å². The van der Waals surface area contributed by atoms with Gasteiger partial charge in [-0.05, 0) is 50.8 Å². The van der Waals surface area contributed by atoms with E-state index in [1.54, 1.807) is 0 Å². The van der Waals surface area contributed by atoms with Crippen molar-refractivity contribution < 1.29 is 14.6 Å². The van der Waals surface area contributed by atoms with E-state index in [1.165, 1.54) is 0 Å². The Labute approximate surface area is 212 Å². The number of aryl methyl sites for hydroxylation is 3. The molecule has 0 aliphatic carbocycles. The van der Waals surface area contributed by atoms with Gasteiger partial charge in [-0.25, -0.2) is 9.97 Å². The van der Waals surface area contributed by atoms with Crippen LogP contribution in [0, 0.1) is 0 Å². The van der Waals surface area contributed by atoms with Crippen LogP contribution in [0.5, 0.6) is 5.75 Å². The van der Waals surface area contributed by atoms with E-state index in [2.05, 4.69) is 12.2 Å². The van der Waals surface area contributed by atoms with E-state index in [9.17, 15) is 4.79 Å². The fraction of sp³-hybridized carbons (Fsp3) is 0.538. The van der Waals surface area contributed by atoms with Gasteiger partial charge in [-0.15, -0.1) is 0 Å². The number of carbonyl (C=O) groups is 1. The molecule has 0 unspecified atom stereocenters. The first-order chi connectivity index (χ1) is 16.8. The van der Waals surface area contributed by atoms with Crippen molar-refractivity contribution in [1.29, 1.82) is 0 Å². The number of carboxylic acids is 1. The molecule has 9 heteroatoms. The lowest BCUT2D eigenvalue weighted by Gasteiger charge is -2.13. The number of halogens is 1. The summed E-state index contributed by atoms with van der Waals surface area (Å²) in [6, 6.07) is 5.81. The molecule has 0 aliphatic heterocycles. The third-order valence-electron chi connectivity index (χ3n) is 5.64. The molecule has 190 valence electrons. The van der Waals surface area contributed by atoms with Crippen LogP contribution in [0.2, 0.25) is 5.02 Å². The molecule has 3 rings (SSSR count). The number of fused-ring (bicyclic) bond motifs is 1. The molecular weight excluding hydrogens is 466 g/mol. The van der Waals surface area contributed by atoms with Crippen LogP contribution in [0.4, 0.5) is 5.82 Å². The fourth-order valence-corrected chi connectivity index (χ4v) is 4.28. The van der Waals surface area contributed by atoms with Crippen LogP contribution < -0.4 is 10.1 Å². The molecule has 8 nitrogen and oxygen atoms in total. The van der Waals surface area contributed by atoms with Crippen LogP contribution in [-0.2, 0) is 31.2 Å². The average molecular weight is 502 g/mol. The van der Waals surface area contributed by atoms with Crippen molar-refractivity contribution in [3.05, 3.63) is 40.3 Å². The maximum absolute atomic E-state index is 10.7. The Balaban J connectivity index is 1.77. The predicted octanol–water partition coefficient (Wildman–Crippen LogP) is 5.95. The molecule has 1 aromatic carbocycles. The molecule has 0 amide bonds. The van der Waals surface area contributed by atoms with Crippen molar-refractivity contribution >= 4 is 34.4 Å². The van der Waals surface area contributed by atoms with Crippen LogP contribution in [0.25, 0.3) is 11.0 Å². The minimum atomic E-state index is -0.738. The Kier molecular flexibility index (Phi) is 9.72. The monoisotopic (exact) mass is 501 g/mol. The second-order valence-electron chi connectivity index (χ2n) is 9.10. The second kappa shape index (κ2) is 12.7. The summed E-state index contributed by atoms with van der Waals surface area (Å²) >= 11 is 6.42. The summed E-state index contributed by atoms with van der Waals surface area (Å²) in [5.74, 6) is 1.48. The van der Waals surface area contributed by atoms with E-state index in [0.29, 0.717) is 23.7 Å². The topological polar surface area (TPSA) is 102 Å². The Hall–Kier alpha value is -2.87. The molecule has 0 aliphatic rings. The molecular formula is C26H36ClN5O3.